The van der Waals surface area contributed by atoms with Gasteiger partial charge >= 0.3 is 0 Å². The molecule has 102 valence electrons. The Morgan fingerprint density at radius 2 is 1.82 bits per heavy atom. The monoisotopic (exact) mass is 240 g/mol. The number of rotatable bonds is 5. The summed E-state index contributed by atoms with van der Waals surface area (Å²) in [4.78, 5) is 2.72. The first-order chi connectivity index (χ1) is 8.08. The minimum atomic E-state index is 0.359. The molecule has 1 aliphatic heterocycles. The number of nitrogens with zero attached hydrogens (tertiary/aromatic N) is 1. The van der Waals surface area contributed by atoms with Crippen LogP contribution in [-0.2, 0) is 0 Å². The first-order valence-corrected chi connectivity index (χ1v) is 7.57. The van der Waals surface area contributed by atoms with E-state index in [4.69, 9.17) is 0 Å². The lowest BCUT2D eigenvalue weighted by Crippen LogP contribution is -2.53. The lowest BCUT2D eigenvalue weighted by atomic mass is 9.90. The second-order valence-electron chi connectivity index (χ2n) is 5.86. The van der Waals surface area contributed by atoms with Crippen LogP contribution in [-0.4, -0.2) is 36.1 Å². The molecule has 1 saturated heterocycles. The van der Waals surface area contributed by atoms with Gasteiger partial charge in [-0.25, -0.2) is 0 Å². The van der Waals surface area contributed by atoms with E-state index in [1.165, 1.54) is 45.3 Å². The molecule has 1 N–H and O–H groups in total. The van der Waals surface area contributed by atoms with E-state index in [-0.39, 0.29) is 0 Å². The van der Waals surface area contributed by atoms with Gasteiger partial charge in [-0.05, 0) is 45.2 Å². The zero-order chi connectivity index (χ0) is 12.9. The van der Waals surface area contributed by atoms with Gasteiger partial charge in [0.1, 0.15) is 0 Å². The molecule has 0 aromatic rings. The van der Waals surface area contributed by atoms with Gasteiger partial charge < -0.3 is 5.32 Å². The van der Waals surface area contributed by atoms with Crippen LogP contribution in [0.4, 0.5) is 0 Å². The average Bonchev–Trinajstić information content (AvgIpc) is 2.60. The summed E-state index contributed by atoms with van der Waals surface area (Å²) in [6.45, 7) is 15.4. The number of nitrogens with one attached hydrogen (secondary N) is 1. The molecule has 0 bridgehead atoms. The van der Waals surface area contributed by atoms with Crippen LogP contribution in [0.1, 0.15) is 60.3 Å². The van der Waals surface area contributed by atoms with Crippen LogP contribution in [0.25, 0.3) is 0 Å². The van der Waals surface area contributed by atoms with Crippen molar-refractivity contribution in [3.8, 4) is 0 Å². The van der Waals surface area contributed by atoms with E-state index in [1.54, 1.807) is 0 Å². The Hall–Kier alpha value is -0.0800. The molecule has 0 aromatic carbocycles. The zero-order valence-corrected chi connectivity index (χ0v) is 12.6. The molecular formula is C15H32N2. The summed E-state index contributed by atoms with van der Waals surface area (Å²) in [7, 11) is 0. The van der Waals surface area contributed by atoms with Crippen molar-refractivity contribution in [1.82, 2.24) is 10.2 Å². The molecule has 0 spiro atoms. The zero-order valence-electron chi connectivity index (χ0n) is 12.6. The lowest BCUT2D eigenvalue weighted by molar-refractivity contribution is 0.123. The van der Waals surface area contributed by atoms with Crippen molar-refractivity contribution in [3.05, 3.63) is 0 Å². The van der Waals surface area contributed by atoms with Crippen molar-refractivity contribution in [3.63, 3.8) is 0 Å². The molecule has 0 amide bonds. The molecule has 2 atom stereocenters. The molecule has 17 heavy (non-hydrogen) atoms. The van der Waals surface area contributed by atoms with E-state index >= 15 is 0 Å². The Labute approximate surface area is 108 Å². The molecule has 1 aliphatic rings. The average molecular weight is 240 g/mol. The second-order valence-corrected chi connectivity index (χ2v) is 5.86. The standard InChI is InChI=1S/C15H32N2/c1-6-13(4)14(5)17-11-9-10-16-15(7-2,8-3)12-17/h13-14,16H,6-12H2,1-5H3. The third-order valence-electron chi connectivity index (χ3n) is 5.02. The van der Waals surface area contributed by atoms with Gasteiger partial charge in [-0.1, -0.05) is 34.1 Å². The molecule has 1 rings (SSSR count). The number of hydrogen-bond donors (Lipinski definition) is 1. The highest BCUT2D eigenvalue weighted by Crippen LogP contribution is 2.24. The minimum absolute atomic E-state index is 0.359. The van der Waals surface area contributed by atoms with Gasteiger partial charge in [0, 0.05) is 18.1 Å². The summed E-state index contributed by atoms with van der Waals surface area (Å²) >= 11 is 0. The van der Waals surface area contributed by atoms with Gasteiger partial charge in [-0.2, -0.15) is 0 Å². The maximum Gasteiger partial charge on any atom is 0.0303 e. The summed E-state index contributed by atoms with van der Waals surface area (Å²) in [5.41, 5.74) is 0.359. The predicted octanol–water partition coefficient (Wildman–Crippen LogP) is 3.28. The smallest absolute Gasteiger partial charge is 0.0303 e. The van der Waals surface area contributed by atoms with Crippen LogP contribution in [0, 0.1) is 5.92 Å². The van der Waals surface area contributed by atoms with Crippen molar-refractivity contribution in [2.24, 2.45) is 5.92 Å². The molecule has 2 nitrogen and oxygen atoms in total. The Bertz CT molecular complexity index is 211. The van der Waals surface area contributed by atoms with Gasteiger partial charge in [0.15, 0.2) is 0 Å². The van der Waals surface area contributed by atoms with Crippen LogP contribution in [0.3, 0.4) is 0 Å². The van der Waals surface area contributed by atoms with Crippen molar-refractivity contribution in [1.29, 1.82) is 0 Å². The highest BCUT2D eigenvalue weighted by molar-refractivity contribution is 4.92. The highest BCUT2D eigenvalue weighted by atomic mass is 15.2. The molecule has 0 aromatic heterocycles. The van der Waals surface area contributed by atoms with Crippen molar-refractivity contribution >= 4 is 0 Å². The second kappa shape index (κ2) is 6.75. The molecule has 2 unspecified atom stereocenters. The summed E-state index contributed by atoms with van der Waals surface area (Å²) in [5, 5.41) is 3.79. The van der Waals surface area contributed by atoms with Crippen LogP contribution in [0.2, 0.25) is 0 Å². The molecular weight excluding hydrogens is 208 g/mol. The Morgan fingerprint density at radius 1 is 1.18 bits per heavy atom. The van der Waals surface area contributed by atoms with Gasteiger partial charge in [0.05, 0.1) is 0 Å². The summed E-state index contributed by atoms with van der Waals surface area (Å²) in [6.07, 6.45) is 5.07. The normalized spacial score (nSPS) is 25.2. The third kappa shape index (κ3) is 3.69. The van der Waals surface area contributed by atoms with E-state index < -0.39 is 0 Å². The van der Waals surface area contributed by atoms with Gasteiger partial charge in [0.25, 0.3) is 0 Å². The Balaban J connectivity index is 2.71. The quantitative estimate of drug-likeness (QED) is 0.793. The van der Waals surface area contributed by atoms with Gasteiger partial charge in [-0.3, -0.25) is 4.90 Å². The Kier molecular flexibility index (Phi) is 5.94. The summed E-state index contributed by atoms with van der Waals surface area (Å²) < 4.78 is 0. The van der Waals surface area contributed by atoms with Crippen LogP contribution >= 0.6 is 0 Å². The highest BCUT2D eigenvalue weighted by Gasteiger charge is 2.32. The van der Waals surface area contributed by atoms with Gasteiger partial charge in [-0.15, -0.1) is 0 Å². The third-order valence-corrected chi connectivity index (χ3v) is 5.02. The van der Waals surface area contributed by atoms with Crippen LogP contribution in [0.5, 0.6) is 0 Å². The SMILES string of the molecule is CCC(C)C(C)N1CCCNC(CC)(CC)C1. The molecule has 0 radical (unpaired) electrons. The topological polar surface area (TPSA) is 15.3 Å². The van der Waals surface area contributed by atoms with E-state index in [0.717, 1.165) is 12.0 Å². The van der Waals surface area contributed by atoms with Crippen LogP contribution < -0.4 is 5.32 Å². The first kappa shape index (κ1) is 15.0. The lowest BCUT2D eigenvalue weighted by Gasteiger charge is -2.39. The summed E-state index contributed by atoms with van der Waals surface area (Å²) in [6, 6.07) is 0.720. The largest absolute Gasteiger partial charge is 0.310 e. The predicted molar refractivity (Wildman–Crippen MR) is 76.4 cm³/mol. The first-order valence-electron chi connectivity index (χ1n) is 7.57. The molecule has 2 heteroatoms. The van der Waals surface area contributed by atoms with Crippen molar-refractivity contribution in [2.45, 2.75) is 71.9 Å². The van der Waals surface area contributed by atoms with Crippen molar-refractivity contribution in [2.75, 3.05) is 19.6 Å². The minimum Gasteiger partial charge on any atom is -0.310 e. The van der Waals surface area contributed by atoms with Gasteiger partial charge in [0.2, 0.25) is 0 Å². The fourth-order valence-corrected chi connectivity index (χ4v) is 2.93. The van der Waals surface area contributed by atoms with E-state index in [2.05, 4.69) is 44.8 Å². The maximum atomic E-state index is 3.79. The fraction of sp³-hybridized carbons (Fsp3) is 1.00. The maximum absolute atomic E-state index is 3.79. The Morgan fingerprint density at radius 3 is 2.35 bits per heavy atom. The molecule has 0 aliphatic carbocycles. The van der Waals surface area contributed by atoms with Crippen molar-refractivity contribution < 1.29 is 0 Å². The fourth-order valence-electron chi connectivity index (χ4n) is 2.93. The van der Waals surface area contributed by atoms with E-state index in [1.807, 2.05) is 0 Å². The number of hydrogen-bond acceptors (Lipinski definition) is 2. The molecule has 1 heterocycles. The van der Waals surface area contributed by atoms with E-state index in [9.17, 15) is 0 Å². The molecule has 1 fully saturated rings. The van der Waals surface area contributed by atoms with E-state index in [0.29, 0.717) is 5.54 Å². The summed E-state index contributed by atoms with van der Waals surface area (Å²) in [5.74, 6) is 0.805. The molecule has 0 saturated carbocycles. The van der Waals surface area contributed by atoms with Crippen LogP contribution in [0.15, 0.2) is 0 Å².